The van der Waals surface area contributed by atoms with E-state index in [4.69, 9.17) is 25.5 Å². The third-order valence-corrected chi connectivity index (χ3v) is 3.36. The zero-order valence-corrected chi connectivity index (χ0v) is 13.4. The van der Waals surface area contributed by atoms with Gasteiger partial charge in [-0.25, -0.2) is 4.79 Å². The quantitative estimate of drug-likeness (QED) is 0.518. The molecule has 0 saturated heterocycles. The summed E-state index contributed by atoms with van der Waals surface area (Å²) in [5, 5.41) is 7.95. The van der Waals surface area contributed by atoms with Gasteiger partial charge in [-0.1, -0.05) is 17.7 Å². The topological polar surface area (TPSA) is 74.5 Å². The first-order valence-electron chi connectivity index (χ1n) is 7.12. The Morgan fingerprint density at radius 1 is 1.17 bits per heavy atom. The van der Waals surface area contributed by atoms with Gasteiger partial charge in [0.05, 0.1) is 0 Å². The van der Waals surface area contributed by atoms with Crippen LogP contribution in [0.25, 0.3) is 11.5 Å². The first-order chi connectivity index (χ1) is 11.6. The van der Waals surface area contributed by atoms with Crippen LogP contribution in [0, 0.1) is 0 Å². The van der Waals surface area contributed by atoms with E-state index in [2.05, 4.69) is 10.2 Å². The average Bonchev–Trinajstić information content (AvgIpc) is 3.10. The first kappa shape index (κ1) is 16.0. The van der Waals surface area contributed by atoms with Gasteiger partial charge in [0.15, 0.2) is 6.10 Å². The number of carbonyl (C=O) groups excluding carboxylic acids is 1. The highest BCUT2D eigenvalue weighted by atomic mass is 35.5. The van der Waals surface area contributed by atoms with Crippen molar-refractivity contribution in [3.05, 3.63) is 59.9 Å². The van der Waals surface area contributed by atoms with Gasteiger partial charge in [0, 0.05) is 10.6 Å². The lowest BCUT2D eigenvalue weighted by atomic mass is 10.2. The smallest absolute Gasteiger partial charge is 0.352 e. The van der Waals surface area contributed by atoms with Crippen LogP contribution < -0.4 is 9.47 Å². The van der Waals surface area contributed by atoms with Gasteiger partial charge in [-0.3, -0.25) is 0 Å². The molecular formula is C17H13ClN2O4. The first-order valence-corrected chi connectivity index (χ1v) is 7.50. The van der Waals surface area contributed by atoms with Gasteiger partial charge < -0.3 is 13.9 Å². The molecular weight excluding hydrogens is 332 g/mol. The van der Waals surface area contributed by atoms with E-state index >= 15 is 0 Å². The van der Waals surface area contributed by atoms with Crippen LogP contribution >= 0.6 is 11.6 Å². The number of aromatic nitrogens is 2. The molecule has 0 spiro atoms. The molecule has 1 unspecified atom stereocenters. The molecule has 0 aliphatic heterocycles. The minimum absolute atomic E-state index is 0.393. The zero-order valence-electron chi connectivity index (χ0n) is 12.7. The third-order valence-electron chi connectivity index (χ3n) is 3.12. The van der Waals surface area contributed by atoms with E-state index in [1.165, 1.54) is 6.39 Å². The number of benzene rings is 2. The molecule has 6 nitrogen and oxygen atoms in total. The second-order valence-corrected chi connectivity index (χ2v) is 5.34. The molecule has 0 bridgehead atoms. The number of carbonyl (C=O) groups is 1. The zero-order chi connectivity index (χ0) is 16.9. The molecule has 1 heterocycles. The van der Waals surface area contributed by atoms with Crippen molar-refractivity contribution in [3.8, 4) is 23.0 Å². The second-order valence-electron chi connectivity index (χ2n) is 4.91. The molecule has 2 aromatic carbocycles. The number of hydrogen-bond acceptors (Lipinski definition) is 6. The standard InChI is InChI=1S/C17H13ClN2O4/c1-11(23-15-4-2-3-13(18)9-15)17(21)24-14-7-5-12(6-8-14)16-20-19-10-22-16/h2-11H,1H3. The lowest BCUT2D eigenvalue weighted by Crippen LogP contribution is -2.28. The summed E-state index contributed by atoms with van der Waals surface area (Å²) in [6.45, 7) is 1.61. The molecule has 3 aromatic rings. The summed E-state index contributed by atoms with van der Waals surface area (Å²) in [4.78, 5) is 12.1. The van der Waals surface area contributed by atoms with Gasteiger partial charge in [-0.15, -0.1) is 10.2 Å². The summed E-state index contributed by atoms with van der Waals surface area (Å²) in [5.41, 5.74) is 0.732. The van der Waals surface area contributed by atoms with Crippen LogP contribution in [-0.4, -0.2) is 22.3 Å². The Labute approximate surface area is 143 Å². The molecule has 0 aliphatic rings. The van der Waals surface area contributed by atoms with E-state index in [0.29, 0.717) is 22.4 Å². The van der Waals surface area contributed by atoms with Gasteiger partial charge in [-0.05, 0) is 49.4 Å². The van der Waals surface area contributed by atoms with E-state index in [-0.39, 0.29) is 0 Å². The van der Waals surface area contributed by atoms with Gasteiger partial charge in [0.1, 0.15) is 11.5 Å². The number of nitrogens with zero attached hydrogens (tertiary/aromatic N) is 2. The number of rotatable bonds is 5. The molecule has 0 N–H and O–H groups in total. The Morgan fingerprint density at radius 2 is 1.96 bits per heavy atom. The number of hydrogen-bond donors (Lipinski definition) is 0. The summed E-state index contributed by atoms with van der Waals surface area (Å²) < 4.78 is 15.9. The van der Waals surface area contributed by atoms with Crippen molar-refractivity contribution in [2.45, 2.75) is 13.0 Å². The largest absolute Gasteiger partial charge is 0.479 e. The summed E-state index contributed by atoms with van der Waals surface area (Å²) in [7, 11) is 0. The summed E-state index contributed by atoms with van der Waals surface area (Å²) in [5.74, 6) is 0.773. The Balaban J connectivity index is 1.61. The fraction of sp³-hybridized carbons (Fsp3) is 0.118. The van der Waals surface area contributed by atoms with Crippen LogP contribution in [0.4, 0.5) is 0 Å². The normalized spacial score (nSPS) is 11.8. The lowest BCUT2D eigenvalue weighted by Gasteiger charge is -2.14. The Hall–Kier alpha value is -2.86. The third kappa shape index (κ3) is 3.91. The Bertz CT molecular complexity index is 819. The molecule has 0 aliphatic carbocycles. The van der Waals surface area contributed by atoms with Crippen molar-refractivity contribution in [1.82, 2.24) is 10.2 Å². The maximum atomic E-state index is 12.1. The van der Waals surface area contributed by atoms with E-state index < -0.39 is 12.1 Å². The maximum Gasteiger partial charge on any atom is 0.352 e. The molecule has 0 saturated carbocycles. The van der Waals surface area contributed by atoms with Crippen LogP contribution in [0.15, 0.2) is 59.3 Å². The minimum Gasteiger partial charge on any atom is -0.479 e. The lowest BCUT2D eigenvalue weighted by molar-refractivity contribution is -0.141. The van der Waals surface area contributed by atoms with Gasteiger partial charge in [0.2, 0.25) is 12.3 Å². The van der Waals surface area contributed by atoms with Crippen molar-refractivity contribution in [2.24, 2.45) is 0 Å². The average molecular weight is 345 g/mol. The molecule has 24 heavy (non-hydrogen) atoms. The molecule has 7 heteroatoms. The summed E-state index contributed by atoms with van der Waals surface area (Å²) in [6, 6.07) is 13.5. The molecule has 1 aromatic heterocycles. The minimum atomic E-state index is -0.779. The molecule has 1 atom stereocenters. The Morgan fingerprint density at radius 3 is 2.62 bits per heavy atom. The molecule has 0 fully saturated rings. The molecule has 0 radical (unpaired) electrons. The fourth-order valence-electron chi connectivity index (χ4n) is 1.96. The van der Waals surface area contributed by atoms with Crippen molar-refractivity contribution < 1.29 is 18.7 Å². The van der Waals surface area contributed by atoms with Gasteiger partial charge >= 0.3 is 5.97 Å². The highest BCUT2D eigenvalue weighted by molar-refractivity contribution is 6.30. The maximum absolute atomic E-state index is 12.1. The van der Waals surface area contributed by atoms with Crippen LogP contribution in [0.1, 0.15) is 6.92 Å². The van der Waals surface area contributed by atoms with Crippen LogP contribution in [0.3, 0.4) is 0 Å². The van der Waals surface area contributed by atoms with Crippen molar-refractivity contribution in [1.29, 1.82) is 0 Å². The number of halogens is 1. The molecule has 122 valence electrons. The fourth-order valence-corrected chi connectivity index (χ4v) is 2.14. The van der Waals surface area contributed by atoms with Crippen LogP contribution in [-0.2, 0) is 4.79 Å². The SMILES string of the molecule is CC(Oc1cccc(Cl)c1)C(=O)Oc1ccc(-c2nnco2)cc1. The van der Waals surface area contributed by atoms with Crippen LogP contribution in [0.5, 0.6) is 11.5 Å². The van der Waals surface area contributed by atoms with Crippen molar-refractivity contribution in [2.75, 3.05) is 0 Å². The van der Waals surface area contributed by atoms with E-state index in [1.807, 2.05) is 0 Å². The predicted octanol–water partition coefficient (Wildman–Crippen LogP) is 3.76. The summed E-state index contributed by atoms with van der Waals surface area (Å²) in [6.07, 6.45) is 0.470. The van der Waals surface area contributed by atoms with Gasteiger partial charge in [0.25, 0.3) is 0 Å². The van der Waals surface area contributed by atoms with Crippen LogP contribution in [0.2, 0.25) is 5.02 Å². The van der Waals surface area contributed by atoms with Gasteiger partial charge in [-0.2, -0.15) is 0 Å². The highest BCUT2D eigenvalue weighted by Crippen LogP contribution is 2.22. The van der Waals surface area contributed by atoms with E-state index in [0.717, 1.165) is 5.56 Å². The second kappa shape index (κ2) is 7.14. The number of esters is 1. The van der Waals surface area contributed by atoms with E-state index in [9.17, 15) is 4.79 Å². The van der Waals surface area contributed by atoms with Crippen molar-refractivity contribution >= 4 is 17.6 Å². The Kier molecular flexibility index (Phi) is 4.77. The van der Waals surface area contributed by atoms with Crippen molar-refractivity contribution in [3.63, 3.8) is 0 Å². The number of ether oxygens (including phenoxy) is 2. The van der Waals surface area contributed by atoms with E-state index in [1.54, 1.807) is 55.5 Å². The molecule has 3 rings (SSSR count). The summed E-state index contributed by atoms with van der Waals surface area (Å²) >= 11 is 5.88. The highest BCUT2D eigenvalue weighted by Gasteiger charge is 2.17. The molecule has 0 amide bonds. The predicted molar refractivity (Wildman–Crippen MR) is 86.9 cm³/mol. The monoisotopic (exact) mass is 344 g/mol.